The number of rotatable bonds is 8. The number of carbonyl (C=O) groups is 1. The Morgan fingerprint density at radius 1 is 1.35 bits per heavy atom. The molecule has 2 amide bonds. The first-order chi connectivity index (χ1) is 12.7. The van der Waals surface area contributed by atoms with Crippen molar-refractivity contribution in [2.45, 2.75) is 44.6 Å². The first-order valence-corrected chi connectivity index (χ1v) is 9.17. The molecule has 0 aliphatic heterocycles. The van der Waals surface area contributed by atoms with Gasteiger partial charge >= 0.3 is 6.03 Å². The summed E-state index contributed by atoms with van der Waals surface area (Å²) >= 11 is 0. The maximum absolute atomic E-state index is 12.1. The van der Waals surface area contributed by atoms with Crippen LogP contribution in [0.3, 0.4) is 0 Å². The summed E-state index contributed by atoms with van der Waals surface area (Å²) in [6.07, 6.45) is 9.01. The van der Waals surface area contributed by atoms with Crippen molar-refractivity contribution in [2.75, 3.05) is 25.5 Å². The number of anilines is 1. The van der Waals surface area contributed by atoms with E-state index in [1.54, 1.807) is 24.3 Å². The number of nitrogens with one attached hydrogen (secondary N) is 2. The molecule has 26 heavy (non-hydrogen) atoms. The van der Waals surface area contributed by atoms with Gasteiger partial charge in [-0.2, -0.15) is 4.98 Å². The van der Waals surface area contributed by atoms with Gasteiger partial charge in [0, 0.05) is 38.4 Å². The van der Waals surface area contributed by atoms with Crippen LogP contribution in [0.2, 0.25) is 0 Å². The minimum atomic E-state index is -0.140. The highest BCUT2D eigenvalue weighted by Crippen LogP contribution is 2.32. The summed E-state index contributed by atoms with van der Waals surface area (Å²) in [6, 6.07) is 3.71. The zero-order valence-electron chi connectivity index (χ0n) is 15.1. The summed E-state index contributed by atoms with van der Waals surface area (Å²) in [7, 11) is 1.73. The number of pyridine rings is 1. The first-order valence-electron chi connectivity index (χ1n) is 9.17. The largest absolute Gasteiger partial charge is 0.384 e. The average Bonchev–Trinajstić information content (AvgIpc) is 3.33. The molecule has 140 valence electrons. The van der Waals surface area contributed by atoms with Gasteiger partial charge in [0.1, 0.15) is 0 Å². The van der Waals surface area contributed by atoms with Crippen LogP contribution in [0, 0.1) is 0 Å². The third-order valence-corrected chi connectivity index (χ3v) is 4.53. The van der Waals surface area contributed by atoms with Crippen molar-refractivity contribution in [3.05, 3.63) is 36.2 Å². The zero-order chi connectivity index (χ0) is 18.2. The van der Waals surface area contributed by atoms with Crippen LogP contribution in [0.25, 0.3) is 0 Å². The fourth-order valence-corrected chi connectivity index (χ4v) is 3.07. The number of hydrogen-bond donors (Lipinski definition) is 2. The van der Waals surface area contributed by atoms with Gasteiger partial charge in [-0.25, -0.2) is 4.79 Å². The highest BCUT2D eigenvalue weighted by Gasteiger charge is 2.23. The summed E-state index contributed by atoms with van der Waals surface area (Å²) in [6.45, 7) is 1.71. The Kier molecular flexibility index (Phi) is 6.40. The molecule has 8 nitrogen and oxygen atoms in total. The summed E-state index contributed by atoms with van der Waals surface area (Å²) in [5, 5.41) is 10.2. The number of aromatic nitrogens is 3. The minimum Gasteiger partial charge on any atom is -0.384 e. The van der Waals surface area contributed by atoms with Crippen molar-refractivity contribution >= 4 is 11.7 Å². The summed E-state index contributed by atoms with van der Waals surface area (Å²) in [5.41, 5.74) is 0.978. The molecule has 0 aromatic carbocycles. The van der Waals surface area contributed by atoms with Gasteiger partial charge in [-0.3, -0.25) is 4.98 Å². The Hall–Kier alpha value is -2.64. The van der Waals surface area contributed by atoms with Gasteiger partial charge in [-0.1, -0.05) is 18.0 Å². The predicted octanol–water partition coefficient (Wildman–Crippen LogP) is 2.77. The lowest BCUT2D eigenvalue weighted by Crippen LogP contribution is -2.37. The molecule has 3 rings (SSSR count). The lowest BCUT2D eigenvalue weighted by Gasteiger charge is -2.16. The Morgan fingerprint density at radius 2 is 2.19 bits per heavy atom. The van der Waals surface area contributed by atoms with Gasteiger partial charge < -0.3 is 20.1 Å². The zero-order valence-corrected chi connectivity index (χ0v) is 15.1. The summed E-state index contributed by atoms with van der Waals surface area (Å²) in [5.74, 6) is 1.67. The maximum atomic E-state index is 12.1. The number of urea groups is 1. The molecule has 0 spiro atoms. The molecule has 1 aliphatic carbocycles. The molecule has 8 heteroatoms. The van der Waals surface area contributed by atoms with Gasteiger partial charge in [0.05, 0.1) is 12.2 Å². The number of hydrogen-bond acceptors (Lipinski definition) is 6. The van der Waals surface area contributed by atoms with Crippen LogP contribution >= 0.6 is 0 Å². The van der Waals surface area contributed by atoms with E-state index >= 15 is 0 Å². The molecule has 1 saturated carbocycles. The Morgan fingerprint density at radius 3 is 2.96 bits per heavy atom. The van der Waals surface area contributed by atoms with Crippen LogP contribution in [-0.4, -0.2) is 46.2 Å². The smallest absolute Gasteiger partial charge is 0.317 e. The topological polar surface area (TPSA) is 96.2 Å². The Balaban J connectivity index is 1.34. The van der Waals surface area contributed by atoms with Gasteiger partial charge in [0.25, 0.3) is 0 Å². The van der Waals surface area contributed by atoms with Crippen molar-refractivity contribution in [3.8, 4) is 0 Å². The van der Waals surface area contributed by atoms with E-state index in [1.165, 1.54) is 12.8 Å². The van der Waals surface area contributed by atoms with Gasteiger partial charge in [0.15, 0.2) is 5.82 Å². The second kappa shape index (κ2) is 9.17. The molecule has 0 saturated heterocycles. The lowest BCUT2D eigenvalue weighted by molar-refractivity contribution is 0.205. The standard InChI is InChI=1S/C18H26N6O2/c1-24(13-16-22-17(26-23-16)14-6-2-3-7-14)18(25)21-11-5-10-20-15-8-4-9-19-12-15/h4,8-9,12,14,20H,2-3,5-7,10-11,13H2,1H3,(H,21,25). The molecule has 1 fully saturated rings. The first kappa shape index (κ1) is 18.2. The monoisotopic (exact) mass is 358 g/mol. The van der Waals surface area contributed by atoms with Crippen molar-refractivity contribution in [1.82, 2.24) is 25.3 Å². The van der Waals surface area contributed by atoms with Crippen LogP contribution in [0.1, 0.15) is 49.7 Å². The second-order valence-corrected chi connectivity index (χ2v) is 6.64. The molecule has 2 aromatic heterocycles. The lowest BCUT2D eigenvalue weighted by atomic mass is 10.1. The van der Waals surface area contributed by atoms with Crippen LogP contribution in [-0.2, 0) is 6.54 Å². The fraction of sp³-hybridized carbons (Fsp3) is 0.556. The summed E-state index contributed by atoms with van der Waals surface area (Å²) < 4.78 is 5.35. The fourth-order valence-electron chi connectivity index (χ4n) is 3.07. The van der Waals surface area contributed by atoms with E-state index in [-0.39, 0.29) is 6.03 Å². The maximum Gasteiger partial charge on any atom is 0.317 e. The highest BCUT2D eigenvalue weighted by atomic mass is 16.5. The average molecular weight is 358 g/mol. The van der Waals surface area contributed by atoms with E-state index in [2.05, 4.69) is 25.8 Å². The molecule has 2 aromatic rings. The normalized spacial score (nSPS) is 14.3. The van der Waals surface area contributed by atoms with E-state index in [0.29, 0.717) is 30.7 Å². The van der Waals surface area contributed by atoms with Gasteiger partial charge in [0.2, 0.25) is 5.89 Å². The van der Waals surface area contributed by atoms with E-state index in [1.807, 2.05) is 12.1 Å². The van der Waals surface area contributed by atoms with E-state index in [4.69, 9.17) is 4.52 Å². The Labute approximate surface area is 153 Å². The molecule has 0 radical (unpaired) electrons. The van der Waals surface area contributed by atoms with Crippen LogP contribution < -0.4 is 10.6 Å². The van der Waals surface area contributed by atoms with Crippen LogP contribution in [0.4, 0.5) is 10.5 Å². The molecular weight excluding hydrogens is 332 g/mol. The van der Waals surface area contributed by atoms with Crippen molar-refractivity contribution in [2.24, 2.45) is 0 Å². The molecule has 0 unspecified atom stereocenters. The summed E-state index contributed by atoms with van der Waals surface area (Å²) in [4.78, 5) is 22.2. The predicted molar refractivity (Wildman–Crippen MR) is 97.7 cm³/mol. The molecule has 2 heterocycles. The quantitative estimate of drug-likeness (QED) is 0.705. The molecule has 1 aliphatic rings. The van der Waals surface area contributed by atoms with E-state index in [0.717, 1.165) is 31.5 Å². The third-order valence-electron chi connectivity index (χ3n) is 4.53. The molecule has 2 N–H and O–H groups in total. The number of nitrogens with zero attached hydrogens (tertiary/aromatic N) is 4. The minimum absolute atomic E-state index is 0.140. The third kappa shape index (κ3) is 5.18. The van der Waals surface area contributed by atoms with Crippen molar-refractivity contribution < 1.29 is 9.32 Å². The molecule has 0 atom stereocenters. The second-order valence-electron chi connectivity index (χ2n) is 6.64. The van der Waals surface area contributed by atoms with Gasteiger partial charge in [-0.05, 0) is 31.4 Å². The highest BCUT2D eigenvalue weighted by molar-refractivity contribution is 5.73. The van der Waals surface area contributed by atoms with E-state index in [9.17, 15) is 4.79 Å². The van der Waals surface area contributed by atoms with Gasteiger partial charge in [-0.15, -0.1) is 0 Å². The van der Waals surface area contributed by atoms with Crippen molar-refractivity contribution in [1.29, 1.82) is 0 Å². The van der Waals surface area contributed by atoms with Crippen LogP contribution in [0.5, 0.6) is 0 Å². The van der Waals surface area contributed by atoms with Crippen LogP contribution in [0.15, 0.2) is 29.0 Å². The number of amides is 2. The van der Waals surface area contributed by atoms with E-state index < -0.39 is 0 Å². The number of carbonyl (C=O) groups excluding carboxylic acids is 1. The van der Waals surface area contributed by atoms with Crippen molar-refractivity contribution in [3.63, 3.8) is 0 Å². The Bertz CT molecular complexity index is 684. The molecular formula is C18H26N6O2. The SMILES string of the molecule is CN(Cc1noc(C2CCCC2)n1)C(=O)NCCCNc1cccnc1. The molecule has 0 bridgehead atoms.